The first-order valence-corrected chi connectivity index (χ1v) is 12.2. The molecule has 36 heavy (non-hydrogen) atoms. The van der Waals surface area contributed by atoms with Gasteiger partial charge in [0.2, 0.25) is 6.29 Å². The predicted molar refractivity (Wildman–Crippen MR) is 138 cm³/mol. The molecule has 1 aliphatic rings. The SMILES string of the molecule is COC1Oc2c(c(=O)oc3c(C)ccc(C(C)C)c23)C1c1c(O)c2c(C(C)C)ccc(C)c2oc1=O. The van der Waals surface area contributed by atoms with Crippen molar-refractivity contribution in [1.29, 1.82) is 0 Å². The lowest BCUT2D eigenvalue weighted by Gasteiger charge is -2.19. The third kappa shape index (κ3) is 3.37. The molecule has 0 aliphatic carbocycles. The van der Waals surface area contributed by atoms with E-state index in [4.69, 9.17) is 18.3 Å². The summed E-state index contributed by atoms with van der Waals surface area (Å²) in [5, 5.41) is 12.7. The van der Waals surface area contributed by atoms with Crippen molar-refractivity contribution < 1.29 is 23.4 Å². The Morgan fingerprint density at radius 3 is 1.83 bits per heavy atom. The zero-order valence-corrected chi connectivity index (χ0v) is 21.5. The lowest BCUT2D eigenvalue weighted by Crippen LogP contribution is -2.28. The Balaban J connectivity index is 1.90. The molecule has 2 unspecified atom stereocenters. The van der Waals surface area contributed by atoms with Gasteiger partial charge in [-0.25, -0.2) is 9.59 Å². The Labute approximate surface area is 208 Å². The predicted octanol–water partition coefficient (Wildman–Crippen LogP) is 5.97. The summed E-state index contributed by atoms with van der Waals surface area (Å²) in [6.45, 7) is 11.8. The van der Waals surface area contributed by atoms with Crippen LogP contribution in [0.2, 0.25) is 0 Å². The van der Waals surface area contributed by atoms with E-state index in [2.05, 4.69) is 0 Å². The molecule has 2 atom stereocenters. The van der Waals surface area contributed by atoms with Gasteiger partial charge in [-0.2, -0.15) is 0 Å². The van der Waals surface area contributed by atoms with E-state index in [9.17, 15) is 14.7 Å². The van der Waals surface area contributed by atoms with Crippen LogP contribution in [-0.2, 0) is 4.74 Å². The van der Waals surface area contributed by atoms with Gasteiger partial charge in [0.25, 0.3) is 0 Å². The van der Waals surface area contributed by atoms with Gasteiger partial charge in [-0.3, -0.25) is 0 Å². The molecule has 0 bridgehead atoms. The van der Waals surface area contributed by atoms with Crippen molar-refractivity contribution in [1.82, 2.24) is 0 Å². The smallest absolute Gasteiger partial charge is 0.344 e. The highest BCUT2D eigenvalue weighted by Gasteiger charge is 2.45. The van der Waals surface area contributed by atoms with Crippen LogP contribution in [0.3, 0.4) is 0 Å². The minimum Gasteiger partial charge on any atom is -0.507 e. The molecule has 0 saturated heterocycles. The standard InChI is InChI=1S/C29H30O7/c1-12(2)16-10-8-14(5)24-18(16)23(30)21(27(31)34-24)20-22-26(36-29(20)33-7)19-17(13(3)4)11-9-15(6)25(19)35-28(22)32/h8-13,20,29-30H,1-7H3. The number of rotatable bonds is 4. The van der Waals surface area contributed by atoms with Crippen molar-refractivity contribution in [2.45, 2.75) is 65.6 Å². The summed E-state index contributed by atoms with van der Waals surface area (Å²) >= 11 is 0. The van der Waals surface area contributed by atoms with Crippen molar-refractivity contribution in [3.63, 3.8) is 0 Å². The number of aryl methyl sites for hydroxylation is 2. The Bertz CT molecular complexity index is 1640. The van der Waals surface area contributed by atoms with Gasteiger partial charge < -0.3 is 23.4 Å². The molecular formula is C29H30O7. The highest BCUT2D eigenvalue weighted by atomic mass is 16.7. The van der Waals surface area contributed by atoms with Crippen molar-refractivity contribution >= 4 is 21.9 Å². The number of hydrogen-bond acceptors (Lipinski definition) is 7. The van der Waals surface area contributed by atoms with Gasteiger partial charge in [0.15, 0.2) is 0 Å². The second-order valence-corrected chi connectivity index (χ2v) is 10.1. The zero-order valence-electron chi connectivity index (χ0n) is 21.5. The van der Waals surface area contributed by atoms with Crippen LogP contribution in [0.5, 0.6) is 11.5 Å². The van der Waals surface area contributed by atoms with E-state index in [0.29, 0.717) is 27.7 Å². The second kappa shape index (κ2) is 8.52. The van der Waals surface area contributed by atoms with E-state index >= 15 is 0 Å². The third-order valence-corrected chi connectivity index (χ3v) is 7.17. The average Bonchev–Trinajstić information content (AvgIpc) is 3.20. The quantitative estimate of drug-likeness (QED) is 0.352. The molecule has 7 nitrogen and oxygen atoms in total. The van der Waals surface area contributed by atoms with Gasteiger partial charge in [-0.05, 0) is 47.9 Å². The minimum absolute atomic E-state index is 0.0514. The number of fused-ring (bicyclic) bond motifs is 4. The maximum Gasteiger partial charge on any atom is 0.344 e. The Morgan fingerprint density at radius 1 is 0.806 bits per heavy atom. The summed E-state index contributed by atoms with van der Waals surface area (Å²) in [4.78, 5) is 26.8. The van der Waals surface area contributed by atoms with Crippen molar-refractivity contribution in [2.75, 3.05) is 7.11 Å². The van der Waals surface area contributed by atoms with Crippen molar-refractivity contribution in [2.24, 2.45) is 0 Å². The molecule has 0 amide bonds. The van der Waals surface area contributed by atoms with Gasteiger partial charge >= 0.3 is 11.3 Å². The first-order chi connectivity index (χ1) is 17.1. The molecule has 0 spiro atoms. The summed E-state index contributed by atoms with van der Waals surface area (Å²) in [6, 6.07) is 7.67. The summed E-state index contributed by atoms with van der Waals surface area (Å²) < 4.78 is 23.4. The van der Waals surface area contributed by atoms with E-state index in [1.165, 1.54) is 7.11 Å². The van der Waals surface area contributed by atoms with Gasteiger partial charge in [0.1, 0.15) is 22.7 Å². The highest BCUT2D eigenvalue weighted by Crippen LogP contribution is 2.49. The fourth-order valence-electron chi connectivity index (χ4n) is 5.31. The summed E-state index contributed by atoms with van der Waals surface area (Å²) in [5.41, 5.74) is 2.72. The monoisotopic (exact) mass is 490 g/mol. The fourth-order valence-corrected chi connectivity index (χ4v) is 5.31. The van der Waals surface area contributed by atoms with Crippen LogP contribution < -0.4 is 16.0 Å². The van der Waals surface area contributed by atoms with Gasteiger partial charge in [-0.15, -0.1) is 0 Å². The number of aromatic hydroxyl groups is 1. The maximum atomic E-state index is 13.4. The molecule has 2 aromatic carbocycles. The zero-order chi connectivity index (χ0) is 26.0. The molecule has 1 aliphatic heterocycles. The third-order valence-electron chi connectivity index (χ3n) is 7.17. The largest absolute Gasteiger partial charge is 0.507 e. The first kappa shape index (κ1) is 24.1. The summed E-state index contributed by atoms with van der Waals surface area (Å²) in [5.74, 6) is -0.783. The van der Waals surface area contributed by atoms with E-state index in [0.717, 1.165) is 22.3 Å². The number of methoxy groups -OCH3 is 1. The lowest BCUT2D eigenvalue weighted by atomic mass is 9.88. The van der Waals surface area contributed by atoms with Crippen molar-refractivity contribution in [3.8, 4) is 11.5 Å². The fraction of sp³-hybridized carbons (Fsp3) is 0.379. The number of hydrogen-bond donors (Lipinski definition) is 1. The Kier molecular flexibility index (Phi) is 5.71. The van der Waals surface area contributed by atoms with E-state index in [-0.39, 0.29) is 28.7 Å². The molecule has 0 radical (unpaired) electrons. The lowest BCUT2D eigenvalue weighted by molar-refractivity contribution is -0.0472. The second-order valence-electron chi connectivity index (χ2n) is 10.1. The molecule has 3 heterocycles. The van der Waals surface area contributed by atoms with Gasteiger partial charge in [-0.1, -0.05) is 52.0 Å². The highest BCUT2D eigenvalue weighted by molar-refractivity contribution is 5.93. The molecule has 0 fully saturated rings. The Morgan fingerprint density at radius 2 is 1.31 bits per heavy atom. The van der Waals surface area contributed by atoms with E-state index < -0.39 is 23.5 Å². The van der Waals surface area contributed by atoms with Crippen molar-refractivity contribution in [3.05, 3.63) is 78.5 Å². The summed E-state index contributed by atoms with van der Waals surface area (Å²) in [6.07, 6.45) is -1.03. The molecule has 1 N–H and O–H groups in total. The van der Waals surface area contributed by atoms with Gasteiger partial charge in [0, 0.05) is 7.11 Å². The van der Waals surface area contributed by atoms with Crippen LogP contribution in [0.4, 0.5) is 0 Å². The molecule has 4 aromatic rings. The van der Waals surface area contributed by atoms with Crippen LogP contribution in [0.1, 0.15) is 78.8 Å². The van der Waals surface area contributed by atoms with Crippen LogP contribution in [0.25, 0.3) is 21.9 Å². The van der Waals surface area contributed by atoms with E-state index in [1.54, 1.807) is 0 Å². The van der Waals surface area contributed by atoms with Crippen LogP contribution in [0.15, 0.2) is 42.7 Å². The topological polar surface area (TPSA) is 99.1 Å². The normalized spacial score (nSPS) is 17.4. The van der Waals surface area contributed by atoms with Crippen LogP contribution in [-0.4, -0.2) is 18.5 Å². The molecule has 2 aromatic heterocycles. The molecule has 5 rings (SSSR count). The minimum atomic E-state index is -1.03. The Hall–Kier alpha value is -3.58. The van der Waals surface area contributed by atoms with Crippen LogP contribution >= 0.6 is 0 Å². The summed E-state index contributed by atoms with van der Waals surface area (Å²) in [7, 11) is 1.44. The number of ether oxygens (including phenoxy) is 2. The average molecular weight is 491 g/mol. The van der Waals surface area contributed by atoms with E-state index in [1.807, 2.05) is 65.8 Å². The maximum absolute atomic E-state index is 13.4. The molecule has 7 heteroatoms. The molecule has 188 valence electrons. The molecular weight excluding hydrogens is 460 g/mol. The first-order valence-electron chi connectivity index (χ1n) is 12.2. The number of benzene rings is 2. The van der Waals surface area contributed by atoms with Gasteiger partial charge in [0.05, 0.1) is 27.8 Å². The molecule has 0 saturated carbocycles. The van der Waals surface area contributed by atoms with Crippen LogP contribution in [0, 0.1) is 13.8 Å².